The molecule has 0 spiro atoms. The van der Waals surface area contributed by atoms with Crippen LogP contribution in [-0.2, 0) is 0 Å². The van der Waals surface area contributed by atoms with E-state index in [0.717, 1.165) is 11.1 Å². The largest absolute Gasteiger partial charge is 0.543 e. The normalized spacial score (nSPS) is 13.7. The average Bonchev–Trinajstić information content (AvgIpc) is 2.94. The van der Waals surface area contributed by atoms with Crippen LogP contribution in [0.15, 0.2) is 36.4 Å². The van der Waals surface area contributed by atoms with Crippen molar-refractivity contribution in [2.45, 2.75) is 173 Å². The Kier molecular flexibility index (Phi) is 17.5. The van der Waals surface area contributed by atoms with Crippen LogP contribution in [0.25, 0.3) is 10.8 Å². The van der Waals surface area contributed by atoms with Crippen LogP contribution in [0.1, 0.15) is 131 Å². The fourth-order valence-corrected chi connectivity index (χ4v) is 17.3. The molecule has 0 saturated heterocycles. The molecular weight excluding hydrogens is 536 g/mol. The second-order valence-corrected chi connectivity index (χ2v) is 23.0. The highest BCUT2D eigenvalue weighted by atomic mass is 28.4. The van der Waals surface area contributed by atoms with Crippen molar-refractivity contribution in [1.82, 2.24) is 0 Å². The highest BCUT2D eigenvalue weighted by molar-refractivity contribution is 6.79. The first-order valence-corrected chi connectivity index (χ1v) is 23.0. The Morgan fingerprint density at radius 2 is 1.15 bits per heavy atom. The molecule has 1 nitrogen and oxygen atoms in total. The number of rotatable bonds is 24. The molecule has 0 aliphatic heterocycles. The lowest BCUT2D eigenvalue weighted by molar-refractivity contribution is 0.494. The van der Waals surface area contributed by atoms with E-state index in [1.807, 2.05) is 24.3 Å². The molecule has 2 rings (SSSR count). The van der Waals surface area contributed by atoms with E-state index in [9.17, 15) is 4.39 Å². The highest BCUT2D eigenvalue weighted by Gasteiger charge is 2.39. The van der Waals surface area contributed by atoms with Crippen molar-refractivity contribution in [2.24, 2.45) is 0 Å². The highest BCUT2D eigenvalue weighted by Crippen LogP contribution is 2.38. The predicted molar refractivity (Wildman–Crippen MR) is 187 cm³/mol. The number of unbranched alkanes of at least 4 members (excludes halogenated alkanes) is 9. The third-order valence-corrected chi connectivity index (χ3v) is 21.0. The van der Waals surface area contributed by atoms with Crippen LogP contribution in [0, 0.1) is 5.82 Å². The fraction of sp³-hybridized carbons (Fsp3) is 0.730. The van der Waals surface area contributed by atoms with Gasteiger partial charge in [-0.25, -0.2) is 4.39 Å². The van der Waals surface area contributed by atoms with Gasteiger partial charge in [0.05, 0.1) is 8.07 Å². The molecule has 2 aromatic rings. The average molecular weight is 601 g/mol. The third-order valence-electron chi connectivity index (χ3n) is 9.77. The molecule has 0 radical (unpaired) electrons. The van der Waals surface area contributed by atoms with Gasteiger partial charge in [-0.05, 0) is 47.3 Å². The van der Waals surface area contributed by atoms with E-state index >= 15 is 0 Å². The van der Waals surface area contributed by atoms with Crippen LogP contribution in [0.4, 0.5) is 4.39 Å². The van der Waals surface area contributed by atoms with Crippen molar-refractivity contribution in [2.75, 3.05) is 0 Å². The van der Waals surface area contributed by atoms with Gasteiger partial charge in [-0.1, -0.05) is 168 Å². The molecular formula is C37H65FOSi2. The molecule has 41 heavy (non-hydrogen) atoms. The lowest BCUT2D eigenvalue weighted by Crippen LogP contribution is -2.44. The van der Waals surface area contributed by atoms with Gasteiger partial charge in [0.25, 0.3) is 8.32 Å². The number of halogens is 1. The minimum Gasteiger partial charge on any atom is -0.543 e. The monoisotopic (exact) mass is 600 g/mol. The molecule has 0 saturated carbocycles. The Balaban J connectivity index is 2.05. The summed E-state index contributed by atoms with van der Waals surface area (Å²) in [5.74, 6) is 0.814. The number of fused-ring (bicyclic) bond motifs is 1. The van der Waals surface area contributed by atoms with E-state index in [2.05, 4.69) is 47.6 Å². The second kappa shape index (κ2) is 19.9. The summed E-state index contributed by atoms with van der Waals surface area (Å²) in [6, 6.07) is 20.1. The Labute approximate surface area is 256 Å². The maximum atomic E-state index is 14.3. The predicted octanol–water partition coefficient (Wildman–Crippen LogP) is 13.7. The van der Waals surface area contributed by atoms with Crippen LogP contribution < -0.4 is 4.43 Å². The molecule has 4 heteroatoms. The molecule has 0 aliphatic rings. The number of benzene rings is 2. The summed E-state index contributed by atoms with van der Waals surface area (Å²) >= 11 is 0. The second-order valence-electron chi connectivity index (χ2n) is 13.5. The first kappa shape index (κ1) is 36.1. The lowest BCUT2D eigenvalue weighted by Gasteiger charge is -2.36. The third kappa shape index (κ3) is 12.2. The van der Waals surface area contributed by atoms with Gasteiger partial charge in [-0.3, -0.25) is 0 Å². The molecule has 234 valence electrons. The lowest BCUT2D eigenvalue weighted by atomic mass is 10.1. The van der Waals surface area contributed by atoms with E-state index in [0.29, 0.717) is 10.9 Å². The Morgan fingerprint density at radius 1 is 0.610 bits per heavy atom. The molecule has 0 bridgehead atoms. The van der Waals surface area contributed by atoms with Crippen molar-refractivity contribution in [1.29, 1.82) is 0 Å². The molecule has 0 aliphatic carbocycles. The molecule has 0 aromatic heterocycles. The summed E-state index contributed by atoms with van der Waals surface area (Å²) in [5, 5.41) is 1.64. The molecule has 0 amide bonds. The zero-order valence-corrected chi connectivity index (χ0v) is 30.0. The number of hydrogen-bond acceptors (Lipinski definition) is 1. The van der Waals surface area contributed by atoms with Gasteiger partial charge in [0.2, 0.25) is 0 Å². The van der Waals surface area contributed by atoms with Crippen molar-refractivity contribution < 1.29 is 8.82 Å². The van der Waals surface area contributed by atoms with Gasteiger partial charge in [-0.15, -0.1) is 0 Å². The minimum absolute atomic E-state index is 0.145. The first-order valence-electron chi connectivity index (χ1n) is 17.7. The Hall–Kier alpha value is -1.14. The maximum absolute atomic E-state index is 14.3. The van der Waals surface area contributed by atoms with E-state index in [4.69, 9.17) is 4.43 Å². The van der Waals surface area contributed by atoms with Crippen molar-refractivity contribution >= 4 is 27.2 Å². The van der Waals surface area contributed by atoms with Crippen LogP contribution in [-0.4, -0.2) is 16.4 Å². The van der Waals surface area contributed by atoms with Gasteiger partial charge in [-0.2, -0.15) is 0 Å². The summed E-state index contributed by atoms with van der Waals surface area (Å²) in [5.41, 5.74) is 0.574. The maximum Gasteiger partial charge on any atom is 0.253 e. The summed E-state index contributed by atoms with van der Waals surface area (Å²) < 4.78 is 21.5. The Bertz CT molecular complexity index is 944. The zero-order chi connectivity index (χ0) is 30.0. The Morgan fingerprint density at radius 3 is 1.68 bits per heavy atom. The van der Waals surface area contributed by atoms with Gasteiger partial charge in [0.1, 0.15) is 11.6 Å². The molecule has 1 atom stereocenters. The van der Waals surface area contributed by atoms with Crippen LogP contribution in [0.3, 0.4) is 0 Å². The van der Waals surface area contributed by atoms with Gasteiger partial charge < -0.3 is 4.43 Å². The molecule has 0 heterocycles. The van der Waals surface area contributed by atoms with Crippen LogP contribution in [0.2, 0.25) is 41.8 Å². The fourth-order valence-electron chi connectivity index (χ4n) is 7.44. The van der Waals surface area contributed by atoms with E-state index in [1.54, 1.807) is 30.2 Å². The zero-order valence-electron chi connectivity index (χ0n) is 28.0. The van der Waals surface area contributed by atoms with Crippen molar-refractivity contribution in [3.8, 4) is 5.75 Å². The molecule has 0 N–H and O–H groups in total. The molecule has 0 fully saturated rings. The van der Waals surface area contributed by atoms with Crippen molar-refractivity contribution in [3.05, 3.63) is 42.2 Å². The van der Waals surface area contributed by atoms with Gasteiger partial charge in [0.15, 0.2) is 0 Å². The summed E-state index contributed by atoms with van der Waals surface area (Å²) in [6.45, 7) is 14.3. The van der Waals surface area contributed by atoms with Crippen molar-refractivity contribution in [3.63, 3.8) is 0 Å². The van der Waals surface area contributed by atoms with Gasteiger partial charge in [0, 0.05) is 5.39 Å². The van der Waals surface area contributed by atoms with Crippen LogP contribution >= 0.6 is 0 Å². The van der Waals surface area contributed by atoms with E-state index < -0.39 is 16.4 Å². The standard InChI is InChI=1S/C37H65FOSi2/c1-7-11-12-13-14-15-19-30-41(33(5)6,39-35-24-25-36-34(32-35)22-21-23-37(36)38)31-20-17-16-18-29-40(26-8-2,27-9-3)28-10-4/h21-25,32-33H,7-20,26-31H2,1-6H3. The quantitative estimate of drug-likeness (QED) is 0.0860. The topological polar surface area (TPSA) is 9.23 Å². The first-order chi connectivity index (χ1) is 19.8. The smallest absolute Gasteiger partial charge is 0.253 e. The summed E-state index contributed by atoms with van der Waals surface area (Å²) in [7, 11) is -3.07. The SMILES string of the molecule is CCCCCCCCC[Si](CCCCCC[Si](CCC)(CCC)CCC)(Oc1ccc2c(F)cccc2c1)C(C)C. The summed E-state index contributed by atoms with van der Waals surface area (Å²) in [4.78, 5) is 0. The molecule has 2 aromatic carbocycles. The summed E-state index contributed by atoms with van der Waals surface area (Å²) in [6.07, 6.45) is 19.0. The van der Waals surface area contributed by atoms with Gasteiger partial charge >= 0.3 is 0 Å². The van der Waals surface area contributed by atoms with E-state index in [-0.39, 0.29) is 5.82 Å². The number of hydrogen-bond donors (Lipinski definition) is 0. The minimum atomic E-state index is -2.01. The molecule has 1 unspecified atom stereocenters. The van der Waals surface area contributed by atoms with E-state index in [1.165, 1.54) is 102 Å². The van der Waals surface area contributed by atoms with Crippen LogP contribution in [0.5, 0.6) is 5.75 Å².